The van der Waals surface area contributed by atoms with Gasteiger partial charge in [0.05, 0.1) is 22.9 Å². The van der Waals surface area contributed by atoms with Gasteiger partial charge >= 0.3 is 0 Å². The molecule has 4 heterocycles. The van der Waals surface area contributed by atoms with Gasteiger partial charge in [-0.3, -0.25) is 18.7 Å². The summed E-state index contributed by atoms with van der Waals surface area (Å²) in [5.74, 6) is 1.82. The third-order valence-corrected chi connectivity index (χ3v) is 9.45. The second-order valence-corrected chi connectivity index (χ2v) is 13.3. The number of carbonyl (C=O) groups is 2. The molecule has 0 N–H and O–H groups in total. The molecule has 0 radical (unpaired) electrons. The topological polar surface area (TPSA) is 131 Å². The zero-order valence-electron chi connectivity index (χ0n) is 27.3. The lowest BCUT2D eigenvalue weighted by molar-refractivity contribution is 0.0915. The van der Waals surface area contributed by atoms with Crippen molar-refractivity contribution in [2.24, 2.45) is 0 Å². The Bertz CT molecular complexity index is 1880. The summed E-state index contributed by atoms with van der Waals surface area (Å²) >= 11 is 2.71. The van der Waals surface area contributed by atoms with Crippen LogP contribution < -0.4 is 0 Å². The molecule has 2 aromatic carbocycles. The van der Waals surface area contributed by atoms with Crippen molar-refractivity contribution < 1.29 is 9.59 Å². The SMILES string of the molecule is Cc1cc(C)n(C(=O)CSc2nnc(CCCCc3nnc(SCC(=O)n4nc(C)cc4C)n3-c3ccccc3)n2-c2ccccc2)n1. The van der Waals surface area contributed by atoms with Gasteiger partial charge in [-0.1, -0.05) is 59.9 Å². The lowest BCUT2D eigenvalue weighted by Gasteiger charge is -2.11. The fourth-order valence-electron chi connectivity index (χ4n) is 5.49. The number of benzene rings is 2. The number of para-hydroxylation sites is 2. The van der Waals surface area contributed by atoms with Gasteiger partial charge < -0.3 is 0 Å². The highest BCUT2D eigenvalue weighted by Crippen LogP contribution is 2.26. The minimum absolute atomic E-state index is 0.106. The number of hydrogen-bond acceptors (Lipinski definition) is 10. The van der Waals surface area contributed by atoms with Crippen molar-refractivity contribution in [2.45, 2.75) is 63.7 Å². The summed E-state index contributed by atoms with van der Waals surface area (Å²) in [7, 11) is 0. The van der Waals surface area contributed by atoms with Crippen LogP contribution in [0.2, 0.25) is 0 Å². The van der Waals surface area contributed by atoms with Gasteiger partial charge in [-0.15, -0.1) is 20.4 Å². The lowest BCUT2D eigenvalue weighted by atomic mass is 10.1. The molecular formula is C34H36N10O2S2. The first kappa shape index (κ1) is 33.1. The number of aryl methyl sites for hydroxylation is 6. The van der Waals surface area contributed by atoms with Gasteiger partial charge in [-0.05, 0) is 76.9 Å². The lowest BCUT2D eigenvalue weighted by Crippen LogP contribution is -2.17. The number of thioether (sulfide) groups is 2. The molecule has 0 saturated carbocycles. The van der Waals surface area contributed by atoms with Crippen molar-refractivity contribution in [1.29, 1.82) is 0 Å². The van der Waals surface area contributed by atoms with Crippen LogP contribution in [-0.4, -0.2) is 72.4 Å². The fourth-order valence-corrected chi connectivity index (χ4v) is 7.11. The molecule has 0 saturated heterocycles. The van der Waals surface area contributed by atoms with Gasteiger partial charge in [-0.2, -0.15) is 10.2 Å². The van der Waals surface area contributed by atoms with Crippen molar-refractivity contribution in [3.63, 3.8) is 0 Å². The zero-order valence-corrected chi connectivity index (χ0v) is 28.9. The molecule has 246 valence electrons. The van der Waals surface area contributed by atoms with Crippen LogP contribution in [0.15, 0.2) is 83.1 Å². The van der Waals surface area contributed by atoms with E-state index in [2.05, 4.69) is 30.6 Å². The summed E-state index contributed by atoms with van der Waals surface area (Å²) in [6.07, 6.45) is 3.04. The Hall–Kier alpha value is -4.82. The molecule has 0 bridgehead atoms. The highest BCUT2D eigenvalue weighted by atomic mass is 32.2. The van der Waals surface area contributed by atoms with Crippen LogP contribution in [0.25, 0.3) is 11.4 Å². The van der Waals surface area contributed by atoms with Crippen molar-refractivity contribution in [2.75, 3.05) is 11.5 Å². The highest BCUT2D eigenvalue weighted by Gasteiger charge is 2.20. The number of rotatable bonds is 13. The second kappa shape index (κ2) is 14.9. The first-order valence-electron chi connectivity index (χ1n) is 15.7. The highest BCUT2D eigenvalue weighted by molar-refractivity contribution is 8.00. The number of nitrogens with zero attached hydrogens (tertiary/aromatic N) is 10. The van der Waals surface area contributed by atoms with E-state index in [-0.39, 0.29) is 23.3 Å². The number of carbonyl (C=O) groups excluding carboxylic acids is 2. The van der Waals surface area contributed by atoms with E-state index in [0.29, 0.717) is 23.2 Å². The van der Waals surface area contributed by atoms with Crippen molar-refractivity contribution in [3.05, 3.63) is 107 Å². The predicted molar refractivity (Wildman–Crippen MR) is 185 cm³/mol. The molecule has 0 aliphatic carbocycles. The van der Waals surface area contributed by atoms with Crippen LogP contribution in [0, 0.1) is 27.7 Å². The average Bonchev–Trinajstić information content (AvgIpc) is 3.86. The third-order valence-electron chi connectivity index (χ3n) is 7.62. The summed E-state index contributed by atoms with van der Waals surface area (Å²) in [5, 5.41) is 28.0. The second-order valence-electron chi connectivity index (χ2n) is 11.4. The molecule has 14 heteroatoms. The Balaban J connectivity index is 1.13. The van der Waals surface area contributed by atoms with Gasteiger partial charge in [0.2, 0.25) is 0 Å². The third kappa shape index (κ3) is 7.50. The van der Waals surface area contributed by atoms with Gasteiger partial charge in [0.25, 0.3) is 11.8 Å². The van der Waals surface area contributed by atoms with Crippen LogP contribution in [0.3, 0.4) is 0 Å². The van der Waals surface area contributed by atoms with E-state index < -0.39 is 0 Å². The molecule has 48 heavy (non-hydrogen) atoms. The summed E-state index contributed by atoms with van der Waals surface area (Å²) in [4.78, 5) is 25.8. The molecule has 0 aliphatic rings. The molecule has 0 fully saturated rings. The Labute approximate surface area is 287 Å². The average molecular weight is 681 g/mol. The molecule has 4 aromatic heterocycles. The Kier molecular flexibility index (Phi) is 10.3. The van der Waals surface area contributed by atoms with Crippen LogP contribution in [0.1, 0.15) is 56.9 Å². The molecule has 0 aliphatic heterocycles. The Morgan fingerprint density at radius 2 is 0.979 bits per heavy atom. The minimum atomic E-state index is -0.106. The first-order chi connectivity index (χ1) is 23.3. The van der Waals surface area contributed by atoms with Gasteiger partial charge in [-0.25, -0.2) is 9.36 Å². The number of unbranched alkanes of at least 4 members (excludes halogenated alkanes) is 1. The van der Waals surface area contributed by atoms with Gasteiger partial charge in [0, 0.05) is 35.6 Å². The van der Waals surface area contributed by atoms with Crippen molar-refractivity contribution in [1.82, 2.24) is 49.1 Å². The summed E-state index contributed by atoms with van der Waals surface area (Å²) < 4.78 is 6.95. The van der Waals surface area contributed by atoms with Crippen LogP contribution >= 0.6 is 23.5 Å². The molecule has 0 amide bonds. The predicted octanol–water partition coefficient (Wildman–Crippen LogP) is 5.91. The van der Waals surface area contributed by atoms with Crippen LogP contribution in [0.4, 0.5) is 0 Å². The van der Waals surface area contributed by atoms with Gasteiger partial charge in [0.15, 0.2) is 10.3 Å². The fraction of sp³-hybridized carbons (Fsp3) is 0.294. The quantitative estimate of drug-likeness (QED) is 0.107. The van der Waals surface area contributed by atoms with Gasteiger partial charge in [0.1, 0.15) is 11.6 Å². The van der Waals surface area contributed by atoms with E-state index in [1.807, 2.05) is 110 Å². The maximum absolute atomic E-state index is 12.9. The minimum Gasteiger partial charge on any atom is -0.274 e. The van der Waals surface area contributed by atoms with Crippen molar-refractivity contribution in [3.8, 4) is 11.4 Å². The molecule has 6 rings (SSSR count). The molecule has 6 aromatic rings. The maximum Gasteiger partial charge on any atom is 0.257 e. The molecule has 0 unspecified atom stereocenters. The standard InChI is InChI=1S/C34H36N10O2S2/c1-23-19-25(3)43(39-23)31(45)21-47-33-37-35-29(41(33)27-13-7-5-8-14-27)17-11-12-18-30-36-38-34(42(30)28-15-9-6-10-16-28)48-22-32(46)44-26(4)20-24(2)40-44/h5-10,13-16,19-20H,11-12,17-18,21-22H2,1-4H3. The zero-order chi connectivity index (χ0) is 33.6. The number of hydrogen-bond donors (Lipinski definition) is 0. The van der Waals surface area contributed by atoms with Crippen LogP contribution in [0.5, 0.6) is 0 Å². The normalized spacial score (nSPS) is 11.3. The van der Waals surface area contributed by atoms with E-state index in [0.717, 1.165) is 58.6 Å². The summed E-state index contributed by atoms with van der Waals surface area (Å²) in [6.45, 7) is 7.50. The first-order valence-corrected chi connectivity index (χ1v) is 17.6. The smallest absolute Gasteiger partial charge is 0.257 e. The van der Waals surface area contributed by atoms with E-state index >= 15 is 0 Å². The van der Waals surface area contributed by atoms with E-state index in [1.165, 1.54) is 32.9 Å². The Morgan fingerprint density at radius 1 is 0.583 bits per heavy atom. The Morgan fingerprint density at radius 3 is 1.33 bits per heavy atom. The molecule has 0 spiro atoms. The van der Waals surface area contributed by atoms with E-state index in [9.17, 15) is 9.59 Å². The number of aromatic nitrogens is 10. The largest absolute Gasteiger partial charge is 0.274 e. The molecule has 12 nitrogen and oxygen atoms in total. The van der Waals surface area contributed by atoms with E-state index in [1.54, 1.807) is 0 Å². The summed E-state index contributed by atoms with van der Waals surface area (Å²) in [5.41, 5.74) is 5.12. The monoisotopic (exact) mass is 680 g/mol. The van der Waals surface area contributed by atoms with E-state index in [4.69, 9.17) is 0 Å². The molecule has 0 atom stereocenters. The maximum atomic E-state index is 12.9. The molecular weight excluding hydrogens is 645 g/mol. The van der Waals surface area contributed by atoms with Crippen molar-refractivity contribution >= 4 is 35.3 Å². The summed E-state index contributed by atoms with van der Waals surface area (Å²) in [6, 6.07) is 23.7. The van der Waals surface area contributed by atoms with Crippen LogP contribution in [-0.2, 0) is 12.8 Å².